The summed E-state index contributed by atoms with van der Waals surface area (Å²) in [6, 6.07) is 0. The topological polar surface area (TPSA) is 15.8 Å². The van der Waals surface area contributed by atoms with E-state index in [9.17, 15) is 0 Å². The molecule has 2 aliphatic heterocycles. The van der Waals surface area contributed by atoms with Crippen LogP contribution in [-0.4, -0.2) is 29.7 Å². The third-order valence-electron chi connectivity index (χ3n) is 3.15. The van der Waals surface area contributed by atoms with Crippen LogP contribution in [0.4, 0.5) is 0 Å². The monoisotopic (exact) mass is 181 g/mol. The summed E-state index contributed by atoms with van der Waals surface area (Å²) in [6.07, 6.45) is 4.21. The predicted molar refractivity (Wildman–Crippen MR) is 53.5 cm³/mol. The van der Waals surface area contributed by atoms with Crippen molar-refractivity contribution in [3.63, 3.8) is 0 Å². The third-order valence-corrected chi connectivity index (χ3v) is 3.15. The maximum atomic E-state index is 5.27. The molecule has 0 aliphatic carbocycles. The molecule has 2 rings (SSSR count). The lowest BCUT2D eigenvalue weighted by molar-refractivity contribution is 0.111. The van der Waals surface area contributed by atoms with E-state index in [0.717, 1.165) is 19.6 Å². The molecular formula is C11H19NO. The van der Waals surface area contributed by atoms with E-state index in [1.54, 1.807) is 0 Å². The molecule has 0 aromatic carbocycles. The summed E-state index contributed by atoms with van der Waals surface area (Å²) in [7, 11) is 0. The van der Waals surface area contributed by atoms with E-state index in [2.05, 4.69) is 25.3 Å². The first kappa shape index (κ1) is 9.07. The fourth-order valence-electron chi connectivity index (χ4n) is 2.18. The van der Waals surface area contributed by atoms with Gasteiger partial charge in [0.1, 0.15) is 0 Å². The molecule has 2 nitrogen and oxygen atoms in total. The molecule has 0 bridgehead atoms. The molecule has 0 aromatic rings. The largest absolute Gasteiger partial charge is 0.371 e. The third kappa shape index (κ3) is 1.88. The van der Waals surface area contributed by atoms with E-state index < -0.39 is 0 Å². The zero-order valence-corrected chi connectivity index (χ0v) is 8.68. The second kappa shape index (κ2) is 3.02. The van der Waals surface area contributed by atoms with Crippen molar-refractivity contribution in [1.29, 1.82) is 0 Å². The summed E-state index contributed by atoms with van der Waals surface area (Å²) in [5.41, 5.74) is 1.59. The molecule has 0 N–H and O–H groups in total. The first-order valence-electron chi connectivity index (χ1n) is 5.16. The normalized spacial score (nSPS) is 32.0. The molecule has 0 spiro atoms. The number of allylic oxidation sites excluding steroid dienone is 1. The van der Waals surface area contributed by atoms with Crippen LogP contribution in [0.2, 0.25) is 0 Å². The number of piperidine rings is 1. The minimum Gasteiger partial charge on any atom is -0.371 e. The molecule has 13 heavy (non-hydrogen) atoms. The Morgan fingerprint density at radius 3 is 2.85 bits per heavy atom. The fraction of sp³-hybridized carbons (Fsp3) is 0.818. The van der Waals surface area contributed by atoms with E-state index in [-0.39, 0.29) is 0 Å². The summed E-state index contributed by atoms with van der Waals surface area (Å²) in [5.74, 6) is 0. The number of hydrogen-bond donors (Lipinski definition) is 0. The summed E-state index contributed by atoms with van der Waals surface area (Å²) >= 11 is 0. The lowest BCUT2D eigenvalue weighted by Gasteiger charge is -2.45. The Balaban J connectivity index is 2.03. The maximum Gasteiger partial charge on any atom is 0.0984 e. The molecule has 2 aliphatic rings. The van der Waals surface area contributed by atoms with Crippen molar-refractivity contribution >= 4 is 0 Å². The van der Waals surface area contributed by atoms with E-state index in [1.165, 1.54) is 18.5 Å². The molecule has 74 valence electrons. The lowest BCUT2D eigenvalue weighted by Crippen LogP contribution is -2.47. The Morgan fingerprint density at radius 1 is 1.62 bits per heavy atom. The number of ether oxygens (including phenoxy) is 1. The summed E-state index contributed by atoms with van der Waals surface area (Å²) in [5, 5.41) is 0. The van der Waals surface area contributed by atoms with E-state index in [1.807, 2.05) is 0 Å². The highest BCUT2D eigenvalue weighted by molar-refractivity contribution is 5.06. The van der Waals surface area contributed by atoms with Crippen LogP contribution in [0.25, 0.3) is 0 Å². The highest BCUT2D eigenvalue weighted by atomic mass is 16.6. The van der Waals surface area contributed by atoms with Gasteiger partial charge in [0.2, 0.25) is 0 Å². The van der Waals surface area contributed by atoms with Crippen LogP contribution in [0.3, 0.4) is 0 Å². The molecule has 2 fully saturated rings. The van der Waals surface area contributed by atoms with Gasteiger partial charge in [0.25, 0.3) is 0 Å². The highest BCUT2D eigenvalue weighted by Gasteiger charge is 2.35. The van der Waals surface area contributed by atoms with Gasteiger partial charge in [-0.05, 0) is 33.1 Å². The molecule has 0 saturated carbocycles. The Labute approximate surface area is 80.6 Å². The number of nitrogens with zero attached hydrogens (tertiary/aromatic N) is 1. The van der Waals surface area contributed by atoms with Gasteiger partial charge in [0, 0.05) is 17.8 Å². The van der Waals surface area contributed by atoms with Crippen LogP contribution in [0, 0.1) is 0 Å². The van der Waals surface area contributed by atoms with Gasteiger partial charge >= 0.3 is 0 Å². The van der Waals surface area contributed by atoms with Crippen molar-refractivity contribution in [2.24, 2.45) is 0 Å². The van der Waals surface area contributed by atoms with Crippen molar-refractivity contribution in [2.45, 2.75) is 44.8 Å². The highest BCUT2D eigenvalue weighted by Crippen LogP contribution is 2.34. The van der Waals surface area contributed by atoms with Crippen molar-refractivity contribution in [3.8, 4) is 0 Å². The van der Waals surface area contributed by atoms with Gasteiger partial charge < -0.3 is 9.64 Å². The van der Waals surface area contributed by atoms with E-state index >= 15 is 0 Å². The standard InChI is InChI=1S/C11H19NO/c1-9-5-4-6-11(2,3)12(9)7-10-8-13-10/h10H,1,4-8H2,2-3H3. The smallest absolute Gasteiger partial charge is 0.0984 e. The van der Waals surface area contributed by atoms with Crippen molar-refractivity contribution < 1.29 is 4.74 Å². The molecule has 1 atom stereocenters. The van der Waals surface area contributed by atoms with E-state index in [4.69, 9.17) is 4.74 Å². The molecule has 2 heteroatoms. The van der Waals surface area contributed by atoms with Crippen LogP contribution in [0.1, 0.15) is 33.1 Å². The number of hydrogen-bond acceptors (Lipinski definition) is 2. The average molecular weight is 181 g/mol. The Hall–Kier alpha value is -0.500. The maximum absolute atomic E-state index is 5.27. The molecule has 0 aromatic heterocycles. The van der Waals surface area contributed by atoms with Crippen LogP contribution >= 0.6 is 0 Å². The van der Waals surface area contributed by atoms with Crippen molar-refractivity contribution in [3.05, 3.63) is 12.3 Å². The van der Waals surface area contributed by atoms with Crippen molar-refractivity contribution in [2.75, 3.05) is 13.2 Å². The van der Waals surface area contributed by atoms with Gasteiger partial charge in [-0.2, -0.15) is 0 Å². The van der Waals surface area contributed by atoms with Gasteiger partial charge in [-0.15, -0.1) is 0 Å². The minimum absolute atomic E-state index is 0.293. The quantitative estimate of drug-likeness (QED) is 0.607. The molecule has 1 unspecified atom stereocenters. The summed E-state index contributed by atoms with van der Waals surface area (Å²) in [4.78, 5) is 2.44. The second-order valence-corrected chi connectivity index (χ2v) is 4.80. The molecule has 0 radical (unpaired) electrons. The van der Waals surface area contributed by atoms with Crippen LogP contribution in [-0.2, 0) is 4.74 Å². The van der Waals surface area contributed by atoms with E-state index in [0.29, 0.717) is 11.6 Å². The van der Waals surface area contributed by atoms with Gasteiger partial charge in [-0.3, -0.25) is 0 Å². The van der Waals surface area contributed by atoms with Gasteiger partial charge in [0.15, 0.2) is 0 Å². The van der Waals surface area contributed by atoms with Gasteiger partial charge in [-0.1, -0.05) is 6.58 Å². The molecule has 2 heterocycles. The van der Waals surface area contributed by atoms with Crippen molar-refractivity contribution in [1.82, 2.24) is 4.90 Å². The lowest BCUT2D eigenvalue weighted by atomic mass is 9.89. The summed E-state index contributed by atoms with van der Waals surface area (Å²) in [6.45, 7) is 10.7. The SMILES string of the molecule is C=C1CCCC(C)(C)N1CC1CO1. The average Bonchev–Trinajstić information content (AvgIpc) is 2.80. The second-order valence-electron chi connectivity index (χ2n) is 4.80. The van der Waals surface area contributed by atoms with Crippen LogP contribution in [0.15, 0.2) is 12.3 Å². The minimum atomic E-state index is 0.293. The number of likely N-dealkylation sites (tertiary alicyclic amines) is 1. The van der Waals surface area contributed by atoms with Gasteiger partial charge in [-0.25, -0.2) is 0 Å². The Morgan fingerprint density at radius 2 is 2.31 bits per heavy atom. The zero-order chi connectivity index (χ0) is 9.47. The first-order valence-corrected chi connectivity index (χ1v) is 5.16. The Bertz CT molecular complexity index is 218. The molecular weight excluding hydrogens is 162 g/mol. The van der Waals surface area contributed by atoms with Gasteiger partial charge in [0.05, 0.1) is 12.7 Å². The number of epoxide rings is 1. The fourth-order valence-corrected chi connectivity index (χ4v) is 2.18. The zero-order valence-electron chi connectivity index (χ0n) is 8.68. The number of rotatable bonds is 2. The Kier molecular flexibility index (Phi) is 2.11. The molecule has 2 saturated heterocycles. The van der Waals surface area contributed by atoms with Crippen LogP contribution in [0.5, 0.6) is 0 Å². The first-order chi connectivity index (χ1) is 6.09. The van der Waals surface area contributed by atoms with Crippen LogP contribution < -0.4 is 0 Å². The molecule has 0 amide bonds. The summed E-state index contributed by atoms with van der Waals surface area (Å²) < 4.78 is 5.27. The predicted octanol–water partition coefficient (Wildman–Crippen LogP) is 2.16.